The summed E-state index contributed by atoms with van der Waals surface area (Å²) in [7, 11) is 0. The summed E-state index contributed by atoms with van der Waals surface area (Å²) in [6, 6.07) is 3.03. The van der Waals surface area contributed by atoms with Crippen LogP contribution < -0.4 is 4.74 Å². The highest BCUT2D eigenvalue weighted by molar-refractivity contribution is 5.85. The number of carboxylic acids is 1. The summed E-state index contributed by atoms with van der Waals surface area (Å²) in [5.41, 5.74) is -0.311. The Bertz CT molecular complexity index is 451. The first-order chi connectivity index (χ1) is 7.79. The van der Waals surface area contributed by atoms with Gasteiger partial charge in [-0.15, -0.1) is 13.2 Å². The van der Waals surface area contributed by atoms with Gasteiger partial charge in [0, 0.05) is 11.6 Å². The molecule has 0 spiro atoms. The Morgan fingerprint density at radius 3 is 2.53 bits per heavy atom. The highest BCUT2D eigenvalue weighted by atomic mass is 19.4. The van der Waals surface area contributed by atoms with Gasteiger partial charge in [-0.3, -0.25) is 0 Å². The highest BCUT2D eigenvalue weighted by Gasteiger charge is 2.32. The van der Waals surface area contributed by atoms with Crippen molar-refractivity contribution < 1.29 is 32.2 Å². The molecule has 1 aromatic carbocycles. The highest BCUT2D eigenvalue weighted by Crippen LogP contribution is 2.27. The van der Waals surface area contributed by atoms with Gasteiger partial charge in [-0.05, 0) is 12.1 Å². The number of alkyl halides is 3. The lowest BCUT2D eigenvalue weighted by Crippen LogP contribution is -2.18. The first-order valence-electron chi connectivity index (χ1n) is 4.25. The van der Waals surface area contributed by atoms with Crippen molar-refractivity contribution in [2.45, 2.75) is 6.36 Å². The molecule has 0 unspecified atom stereocenters. The van der Waals surface area contributed by atoms with Crippen LogP contribution in [0, 0.1) is 5.82 Å². The summed E-state index contributed by atoms with van der Waals surface area (Å²) in [5.74, 6) is -3.63. The molecule has 0 aliphatic heterocycles. The molecule has 7 heteroatoms. The third-order valence-corrected chi connectivity index (χ3v) is 1.62. The van der Waals surface area contributed by atoms with Gasteiger partial charge in [0.25, 0.3) is 0 Å². The van der Waals surface area contributed by atoms with Crippen molar-refractivity contribution in [2.24, 2.45) is 0 Å². The Morgan fingerprint density at radius 2 is 2.00 bits per heavy atom. The molecule has 0 bridgehead atoms. The quantitative estimate of drug-likeness (QED) is 0.662. The van der Waals surface area contributed by atoms with E-state index < -0.39 is 23.9 Å². The minimum atomic E-state index is -5.00. The van der Waals surface area contributed by atoms with Crippen LogP contribution in [-0.4, -0.2) is 17.4 Å². The average molecular weight is 250 g/mol. The van der Waals surface area contributed by atoms with Crippen molar-refractivity contribution in [1.82, 2.24) is 0 Å². The second-order valence-electron chi connectivity index (χ2n) is 2.88. The average Bonchev–Trinajstić information content (AvgIpc) is 2.17. The smallest absolute Gasteiger partial charge is 0.478 e. The molecule has 0 aliphatic rings. The fraction of sp³-hybridized carbons (Fsp3) is 0.100. The summed E-state index contributed by atoms with van der Waals surface area (Å²) in [6.45, 7) is 0. The monoisotopic (exact) mass is 250 g/mol. The Labute approximate surface area is 92.9 Å². The van der Waals surface area contributed by atoms with Crippen LogP contribution in [0.5, 0.6) is 5.75 Å². The van der Waals surface area contributed by atoms with Crippen LogP contribution in [0.3, 0.4) is 0 Å². The summed E-state index contributed by atoms with van der Waals surface area (Å²) in [6.07, 6.45) is -3.56. The number of aliphatic carboxylic acids is 1. The molecule has 0 saturated carbocycles. The summed E-state index contributed by atoms with van der Waals surface area (Å²) >= 11 is 0. The van der Waals surface area contributed by atoms with E-state index in [0.29, 0.717) is 6.08 Å². The Hall–Kier alpha value is -2.05. The minimum Gasteiger partial charge on any atom is -0.478 e. The zero-order valence-corrected chi connectivity index (χ0v) is 8.16. The summed E-state index contributed by atoms with van der Waals surface area (Å²) in [4.78, 5) is 10.2. The van der Waals surface area contributed by atoms with Crippen molar-refractivity contribution >= 4 is 12.0 Å². The van der Waals surface area contributed by atoms with Crippen molar-refractivity contribution in [1.29, 1.82) is 0 Å². The van der Waals surface area contributed by atoms with E-state index in [0.717, 1.165) is 24.3 Å². The van der Waals surface area contributed by atoms with Crippen molar-refractivity contribution in [3.63, 3.8) is 0 Å². The SMILES string of the molecule is O=C(O)C=Cc1cccc(OC(F)(F)F)c1F. The molecular weight excluding hydrogens is 244 g/mol. The first kappa shape index (κ1) is 13.0. The van der Waals surface area contributed by atoms with E-state index in [2.05, 4.69) is 4.74 Å². The van der Waals surface area contributed by atoms with Crippen LogP contribution in [0.25, 0.3) is 6.08 Å². The van der Waals surface area contributed by atoms with Gasteiger partial charge in [0.15, 0.2) is 11.6 Å². The predicted molar refractivity (Wildman–Crippen MR) is 49.8 cm³/mol. The molecular formula is C10H6F4O3. The van der Waals surface area contributed by atoms with Crippen molar-refractivity contribution in [3.8, 4) is 5.75 Å². The number of benzene rings is 1. The largest absolute Gasteiger partial charge is 0.573 e. The third-order valence-electron chi connectivity index (χ3n) is 1.62. The van der Waals surface area contributed by atoms with E-state index in [4.69, 9.17) is 5.11 Å². The number of halogens is 4. The lowest BCUT2D eigenvalue weighted by Gasteiger charge is -2.10. The lowest BCUT2D eigenvalue weighted by molar-refractivity contribution is -0.275. The first-order valence-corrected chi connectivity index (χ1v) is 4.25. The summed E-state index contributed by atoms with van der Waals surface area (Å²) < 4.78 is 52.4. The molecule has 0 heterocycles. The molecule has 1 aromatic rings. The summed E-state index contributed by atoms with van der Waals surface area (Å²) in [5, 5.41) is 8.30. The van der Waals surface area contributed by atoms with E-state index in [-0.39, 0.29) is 5.56 Å². The Balaban J connectivity index is 3.03. The molecule has 3 nitrogen and oxygen atoms in total. The van der Waals surface area contributed by atoms with E-state index >= 15 is 0 Å². The van der Waals surface area contributed by atoms with Gasteiger partial charge < -0.3 is 9.84 Å². The zero-order valence-electron chi connectivity index (χ0n) is 8.16. The Morgan fingerprint density at radius 1 is 1.35 bits per heavy atom. The number of carbonyl (C=O) groups is 1. The molecule has 92 valence electrons. The van der Waals surface area contributed by atoms with Crippen molar-refractivity contribution in [3.05, 3.63) is 35.7 Å². The van der Waals surface area contributed by atoms with E-state index in [9.17, 15) is 22.4 Å². The second kappa shape index (κ2) is 4.86. The number of hydrogen-bond donors (Lipinski definition) is 1. The van der Waals surface area contributed by atoms with Gasteiger partial charge in [0.1, 0.15) is 0 Å². The van der Waals surface area contributed by atoms with Gasteiger partial charge >= 0.3 is 12.3 Å². The predicted octanol–water partition coefficient (Wildman–Crippen LogP) is 2.82. The molecule has 17 heavy (non-hydrogen) atoms. The molecule has 0 saturated heterocycles. The van der Waals surface area contributed by atoms with E-state index in [1.165, 1.54) is 0 Å². The number of carboxylic acid groups (broad SMARTS) is 1. The topological polar surface area (TPSA) is 46.5 Å². The van der Waals surface area contributed by atoms with Gasteiger partial charge in [-0.1, -0.05) is 12.1 Å². The van der Waals surface area contributed by atoms with Gasteiger partial charge in [-0.2, -0.15) is 0 Å². The van der Waals surface area contributed by atoms with Crippen LogP contribution in [-0.2, 0) is 4.79 Å². The number of ether oxygens (including phenoxy) is 1. The number of rotatable bonds is 3. The molecule has 0 fully saturated rings. The molecule has 0 aliphatic carbocycles. The van der Waals surface area contributed by atoms with Gasteiger partial charge in [0.05, 0.1) is 0 Å². The van der Waals surface area contributed by atoms with Crippen LogP contribution in [0.4, 0.5) is 17.6 Å². The normalized spacial score (nSPS) is 11.8. The molecule has 0 atom stereocenters. The molecule has 0 aromatic heterocycles. The zero-order chi connectivity index (χ0) is 13.1. The van der Waals surface area contributed by atoms with Crippen molar-refractivity contribution in [2.75, 3.05) is 0 Å². The van der Waals surface area contributed by atoms with E-state index in [1.807, 2.05) is 0 Å². The lowest BCUT2D eigenvalue weighted by atomic mass is 10.2. The van der Waals surface area contributed by atoms with Gasteiger partial charge in [0.2, 0.25) is 0 Å². The minimum absolute atomic E-state index is 0.311. The molecule has 0 amide bonds. The fourth-order valence-electron chi connectivity index (χ4n) is 1.02. The molecule has 1 N–H and O–H groups in total. The molecule has 0 radical (unpaired) electrons. The van der Waals surface area contributed by atoms with Gasteiger partial charge in [-0.25, -0.2) is 9.18 Å². The second-order valence-corrected chi connectivity index (χ2v) is 2.88. The van der Waals surface area contributed by atoms with Crippen LogP contribution in [0.1, 0.15) is 5.56 Å². The maximum absolute atomic E-state index is 13.4. The standard InChI is InChI=1S/C10H6F4O3/c11-9-6(4-5-8(15)16)2-1-3-7(9)17-10(12,13)14/h1-5H,(H,15,16). The number of hydrogen-bond acceptors (Lipinski definition) is 2. The van der Waals surface area contributed by atoms with Crippen LogP contribution >= 0.6 is 0 Å². The Kier molecular flexibility index (Phi) is 3.72. The van der Waals surface area contributed by atoms with E-state index in [1.54, 1.807) is 0 Å². The third kappa shape index (κ3) is 4.13. The maximum Gasteiger partial charge on any atom is 0.573 e. The van der Waals surface area contributed by atoms with Crippen LogP contribution in [0.15, 0.2) is 24.3 Å². The fourth-order valence-corrected chi connectivity index (χ4v) is 1.02. The van der Waals surface area contributed by atoms with Crippen LogP contribution in [0.2, 0.25) is 0 Å². The maximum atomic E-state index is 13.4. The molecule has 1 rings (SSSR count).